The van der Waals surface area contributed by atoms with Crippen molar-refractivity contribution in [1.29, 1.82) is 0 Å². The van der Waals surface area contributed by atoms with Gasteiger partial charge in [0.2, 0.25) is 11.8 Å². The second-order valence-electron chi connectivity index (χ2n) is 14.2. The smallest absolute Gasteiger partial charge is 0.224 e. The summed E-state index contributed by atoms with van der Waals surface area (Å²) in [6, 6.07) is 33.5. The van der Waals surface area contributed by atoms with E-state index < -0.39 is 35.7 Å². The van der Waals surface area contributed by atoms with E-state index in [1.54, 1.807) is 0 Å². The predicted molar refractivity (Wildman–Crippen MR) is 226 cm³/mol. The van der Waals surface area contributed by atoms with Crippen LogP contribution in [0.5, 0.6) is 0 Å². The van der Waals surface area contributed by atoms with E-state index in [-0.39, 0.29) is 75.1 Å². The fraction of sp³-hybridized carbons (Fsp3) is 0.318. The van der Waals surface area contributed by atoms with E-state index in [0.29, 0.717) is 12.8 Å². The van der Waals surface area contributed by atoms with Gasteiger partial charge in [-0.2, -0.15) is 0 Å². The number of carbonyl (C=O) groups excluding carboxylic acids is 4. The summed E-state index contributed by atoms with van der Waals surface area (Å²) in [5, 5.41) is 2.93. The highest BCUT2D eigenvalue weighted by Gasteiger charge is 2.31. The first-order valence-corrected chi connectivity index (χ1v) is 19.2. The van der Waals surface area contributed by atoms with Crippen LogP contribution in [0.15, 0.2) is 119 Å². The molecule has 0 radical (unpaired) electrons. The van der Waals surface area contributed by atoms with Crippen molar-refractivity contribution in [2.24, 2.45) is 56.2 Å². The monoisotopic (exact) mass is 773 g/mol. The molecule has 4 atom stereocenters. The van der Waals surface area contributed by atoms with Crippen LogP contribution in [0.1, 0.15) is 49.7 Å². The topological polar surface area (TPSA) is 261 Å². The lowest BCUT2D eigenvalue weighted by molar-refractivity contribution is -0.134. The van der Waals surface area contributed by atoms with Crippen molar-refractivity contribution in [2.45, 2.75) is 63.5 Å². The molecule has 0 saturated carbocycles. The highest BCUT2D eigenvalue weighted by Crippen LogP contribution is 2.23. The fourth-order valence-electron chi connectivity index (χ4n) is 6.61. The summed E-state index contributed by atoms with van der Waals surface area (Å²) in [7, 11) is 0. The molecule has 300 valence electrons. The van der Waals surface area contributed by atoms with E-state index in [1.165, 1.54) is 0 Å². The highest BCUT2D eigenvalue weighted by atomic mass is 16.2. The average Bonchev–Trinajstić information content (AvgIpc) is 3.20. The summed E-state index contributed by atoms with van der Waals surface area (Å²) < 4.78 is 0. The lowest BCUT2D eigenvalue weighted by atomic mass is 9.89. The second-order valence-corrected chi connectivity index (χ2v) is 14.2. The molecule has 0 fully saturated rings. The zero-order valence-electron chi connectivity index (χ0n) is 32.3. The SMILES string of the molecule is NC(=O)[C@H](CCCN=C(N)N)CC(=O)[C@H](Cc1ccc(-c2ccccc2)cc1)NC(=O)[C@H](CCCN=C(N)N)CC(=O)[C@@H](N)Cc1ccc(-c2ccccc2)cc1. The summed E-state index contributed by atoms with van der Waals surface area (Å²) in [6.07, 6.45) is 1.44. The van der Waals surface area contributed by atoms with E-state index in [9.17, 15) is 19.2 Å². The fourth-order valence-corrected chi connectivity index (χ4v) is 6.61. The predicted octanol–water partition coefficient (Wildman–Crippen LogP) is 3.36. The van der Waals surface area contributed by atoms with E-state index in [4.69, 9.17) is 34.4 Å². The van der Waals surface area contributed by atoms with Gasteiger partial charge in [-0.25, -0.2) is 0 Å². The number of aliphatic imine (C=N–C) groups is 2. The van der Waals surface area contributed by atoms with Crippen LogP contribution in [0.4, 0.5) is 0 Å². The maximum atomic E-state index is 14.1. The summed E-state index contributed by atoms with van der Waals surface area (Å²) in [5.74, 6) is -3.59. The Labute approximate surface area is 334 Å². The van der Waals surface area contributed by atoms with E-state index >= 15 is 0 Å². The second kappa shape index (κ2) is 22.3. The molecule has 4 aromatic carbocycles. The van der Waals surface area contributed by atoms with Crippen LogP contribution in [0.2, 0.25) is 0 Å². The Morgan fingerprint density at radius 2 is 0.947 bits per heavy atom. The van der Waals surface area contributed by atoms with Gasteiger partial charge in [0.15, 0.2) is 23.5 Å². The Morgan fingerprint density at radius 3 is 1.40 bits per heavy atom. The van der Waals surface area contributed by atoms with Crippen LogP contribution in [-0.4, -0.2) is 60.5 Å². The zero-order valence-corrected chi connectivity index (χ0v) is 32.3. The molecule has 0 aliphatic carbocycles. The third kappa shape index (κ3) is 14.7. The van der Waals surface area contributed by atoms with Gasteiger partial charge in [-0.15, -0.1) is 0 Å². The standard InChI is InChI=1S/C44H55N9O4/c45-37(25-29-15-19-33(20-16-29)31-9-3-1-4-10-31)39(54)28-36(14-8-24-52-44(49)50)42(57)53-38(40(55)27-35(41(46)56)13-7-23-51-43(47)48)26-30-17-21-34(22-18-30)32-11-5-2-6-12-32/h1-6,9-12,15-22,35-38H,7-8,13-14,23-28,45H2,(H2,46,56)(H,53,57)(H4,47,48,51)(H4,49,50,52)/t35-,36-,37+,38+/m1/s1. The van der Waals surface area contributed by atoms with Crippen LogP contribution < -0.4 is 39.7 Å². The van der Waals surface area contributed by atoms with Gasteiger partial charge < -0.3 is 39.7 Å². The van der Waals surface area contributed by atoms with Crippen LogP contribution in [0.3, 0.4) is 0 Å². The third-order valence-electron chi connectivity index (χ3n) is 9.81. The number of hydrogen-bond acceptors (Lipinski definition) is 7. The minimum Gasteiger partial charge on any atom is -0.370 e. The summed E-state index contributed by atoms with van der Waals surface area (Å²) in [4.78, 5) is 62.2. The van der Waals surface area contributed by atoms with Gasteiger partial charge in [0.25, 0.3) is 0 Å². The molecule has 0 aromatic heterocycles. The van der Waals surface area contributed by atoms with Crippen molar-refractivity contribution < 1.29 is 19.2 Å². The third-order valence-corrected chi connectivity index (χ3v) is 9.81. The molecule has 4 rings (SSSR count). The summed E-state index contributed by atoms with van der Waals surface area (Å²) in [6.45, 7) is 0.515. The zero-order chi connectivity index (χ0) is 41.2. The van der Waals surface area contributed by atoms with E-state index in [0.717, 1.165) is 33.4 Å². The molecule has 0 unspecified atom stereocenters. The Kier molecular flexibility index (Phi) is 17.0. The number of rotatable bonds is 23. The Hall–Kier alpha value is -6.34. The van der Waals surface area contributed by atoms with Gasteiger partial charge in [0.05, 0.1) is 12.1 Å². The van der Waals surface area contributed by atoms with E-state index in [2.05, 4.69) is 15.3 Å². The molecule has 57 heavy (non-hydrogen) atoms. The number of carbonyl (C=O) groups is 4. The molecule has 0 heterocycles. The van der Waals surface area contributed by atoms with Gasteiger partial charge in [-0.05, 0) is 71.9 Å². The number of benzene rings is 4. The Bertz CT molecular complexity index is 1960. The molecule has 0 saturated heterocycles. The molecule has 13 N–H and O–H groups in total. The molecule has 0 aliphatic heterocycles. The van der Waals surface area contributed by atoms with Gasteiger partial charge in [0.1, 0.15) is 0 Å². The molecule has 4 aromatic rings. The first-order valence-electron chi connectivity index (χ1n) is 19.2. The lowest BCUT2D eigenvalue weighted by Gasteiger charge is -2.24. The van der Waals surface area contributed by atoms with Gasteiger partial charge >= 0.3 is 0 Å². The normalized spacial score (nSPS) is 13.0. The van der Waals surface area contributed by atoms with Crippen molar-refractivity contribution in [2.75, 3.05) is 13.1 Å². The quantitative estimate of drug-likeness (QED) is 0.0331. The summed E-state index contributed by atoms with van der Waals surface area (Å²) >= 11 is 0. The van der Waals surface area contributed by atoms with Crippen LogP contribution in [-0.2, 0) is 32.0 Å². The van der Waals surface area contributed by atoms with Gasteiger partial charge in [-0.3, -0.25) is 29.2 Å². The molecular weight excluding hydrogens is 719 g/mol. The number of primary amides is 1. The first kappa shape index (κ1) is 43.4. The van der Waals surface area contributed by atoms with Crippen LogP contribution >= 0.6 is 0 Å². The average molecular weight is 774 g/mol. The number of ketones is 2. The van der Waals surface area contributed by atoms with Crippen LogP contribution in [0, 0.1) is 11.8 Å². The van der Waals surface area contributed by atoms with Crippen LogP contribution in [0.25, 0.3) is 22.3 Å². The van der Waals surface area contributed by atoms with Crippen molar-refractivity contribution in [3.8, 4) is 22.3 Å². The van der Waals surface area contributed by atoms with Crippen molar-refractivity contribution in [1.82, 2.24) is 5.32 Å². The van der Waals surface area contributed by atoms with Crippen molar-refractivity contribution in [3.63, 3.8) is 0 Å². The molecule has 0 bridgehead atoms. The highest BCUT2D eigenvalue weighted by molar-refractivity contribution is 5.94. The molecule has 13 nitrogen and oxygen atoms in total. The number of amides is 2. The van der Waals surface area contributed by atoms with Crippen molar-refractivity contribution in [3.05, 3.63) is 120 Å². The summed E-state index contributed by atoms with van der Waals surface area (Å²) in [5.41, 5.74) is 39.9. The molecule has 2 amide bonds. The van der Waals surface area contributed by atoms with E-state index in [1.807, 2.05) is 109 Å². The van der Waals surface area contributed by atoms with Gasteiger partial charge in [0, 0.05) is 37.8 Å². The number of nitrogens with two attached hydrogens (primary N) is 6. The number of nitrogens with one attached hydrogen (secondary N) is 1. The number of hydrogen-bond donors (Lipinski definition) is 7. The Morgan fingerprint density at radius 1 is 0.526 bits per heavy atom. The molecule has 13 heteroatoms. The first-order chi connectivity index (χ1) is 27.4. The maximum absolute atomic E-state index is 14.1. The maximum Gasteiger partial charge on any atom is 0.224 e. The number of nitrogens with zero attached hydrogens (tertiary/aromatic N) is 2. The molecule has 0 spiro atoms. The number of guanidine groups is 2. The molecular formula is C44H55N9O4. The Balaban J connectivity index is 1.52. The lowest BCUT2D eigenvalue weighted by Crippen LogP contribution is -2.47. The minimum absolute atomic E-state index is 0.0763. The van der Waals surface area contributed by atoms with Gasteiger partial charge in [-0.1, -0.05) is 109 Å². The molecule has 0 aliphatic rings. The number of Topliss-reactive ketones (excluding diaryl/α,β-unsaturated/α-hetero) is 2. The van der Waals surface area contributed by atoms with Crippen molar-refractivity contribution >= 4 is 35.3 Å². The minimum atomic E-state index is -1.02. The largest absolute Gasteiger partial charge is 0.370 e.